The Bertz CT molecular complexity index is 2060. The molecule has 0 amide bonds. The SMILES string of the molecule is C[Si](C)=[Zr+2].Cc1cc2c(-c3ccccc3)cc(-n3ncnn3)cc2[cH-]1.Cc1cc2c(-c3ccccc3)cc(-n3ncnn3)cc2[cH-]1.[Cl-].[Cl-]. The number of benzene rings is 4. The van der Waals surface area contributed by atoms with Crippen molar-refractivity contribution < 1.29 is 48.1 Å². The van der Waals surface area contributed by atoms with Gasteiger partial charge in [-0.1, -0.05) is 85.6 Å². The Labute approximate surface area is 307 Å². The molecule has 8 nitrogen and oxygen atoms in total. The fourth-order valence-electron chi connectivity index (χ4n) is 5.42. The maximum Gasteiger partial charge on any atom is 0.162 e. The molecule has 0 radical (unpaired) electrons. The molecule has 0 aliphatic carbocycles. The smallest absolute Gasteiger partial charge is 0.162 e. The molecule has 6 aromatic carbocycles. The van der Waals surface area contributed by atoms with Gasteiger partial charge in [-0.05, 0) is 33.7 Å². The largest absolute Gasteiger partial charge is 1.00 e. The van der Waals surface area contributed by atoms with Crippen LogP contribution in [0.1, 0.15) is 11.1 Å². The van der Waals surface area contributed by atoms with Crippen LogP contribution in [0.15, 0.2) is 122 Å². The summed E-state index contributed by atoms with van der Waals surface area (Å²) in [5.41, 5.74) is 9.32. The van der Waals surface area contributed by atoms with Crippen LogP contribution in [0.2, 0.25) is 13.1 Å². The number of tetrazole rings is 2. The summed E-state index contributed by atoms with van der Waals surface area (Å²) in [6.07, 6.45) is 2.89. The third kappa shape index (κ3) is 8.68. The third-order valence-corrected chi connectivity index (χ3v) is 7.23. The first kappa shape index (κ1) is 36.8. The summed E-state index contributed by atoms with van der Waals surface area (Å²) in [4.78, 5) is 3.10. The molecule has 0 bridgehead atoms. The second kappa shape index (κ2) is 16.8. The van der Waals surface area contributed by atoms with E-state index in [-0.39, 0.29) is 30.2 Å². The fourth-order valence-corrected chi connectivity index (χ4v) is 5.42. The van der Waals surface area contributed by atoms with Gasteiger partial charge in [0.25, 0.3) is 0 Å². The van der Waals surface area contributed by atoms with Crippen LogP contribution in [0.25, 0.3) is 55.2 Å². The molecular formula is C36H32Cl2N8SiZr-2. The Kier molecular flexibility index (Phi) is 12.9. The van der Waals surface area contributed by atoms with Crippen molar-refractivity contribution in [1.29, 1.82) is 0 Å². The van der Waals surface area contributed by atoms with E-state index in [2.05, 4.69) is 155 Å². The van der Waals surface area contributed by atoms with Crippen LogP contribution in [-0.4, -0.2) is 45.8 Å². The standard InChI is InChI=1S/2C17H13N4.C2H6Si.2ClH.Zr/c2*1-12-7-14-9-15(21-19-11-18-20-21)10-17(16(14)8-12)13-5-3-2-4-6-13;1-3-2;;;/h2*2-11H,1H3;1-2H3;2*1H;/q2*-1;;;;+2/p-2. The summed E-state index contributed by atoms with van der Waals surface area (Å²) in [5, 5.41) is 28.7. The van der Waals surface area contributed by atoms with Crippen molar-refractivity contribution in [2.75, 3.05) is 0 Å². The van der Waals surface area contributed by atoms with Crippen molar-refractivity contribution in [3.63, 3.8) is 0 Å². The van der Waals surface area contributed by atoms with Crippen LogP contribution in [-0.2, 0) is 23.3 Å². The van der Waals surface area contributed by atoms with E-state index in [0.717, 1.165) is 11.4 Å². The molecule has 0 aliphatic heterocycles. The molecule has 0 atom stereocenters. The van der Waals surface area contributed by atoms with E-state index in [0.29, 0.717) is 0 Å². The Morgan fingerprint density at radius 3 is 1.29 bits per heavy atom. The number of hydrogen-bond donors (Lipinski definition) is 0. The van der Waals surface area contributed by atoms with Gasteiger partial charge >= 0.3 is 41.9 Å². The Balaban J connectivity index is 0.000000188. The number of aromatic nitrogens is 8. The van der Waals surface area contributed by atoms with E-state index >= 15 is 0 Å². The van der Waals surface area contributed by atoms with Crippen LogP contribution in [0, 0.1) is 13.8 Å². The molecule has 0 aliphatic rings. The van der Waals surface area contributed by atoms with Crippen molar-refractivity contribution in [2.45, 2.75) is 26.9 Å². The van der Waals surface area contributed by atoms with Crippen LogP contribution < -0.4 is 24.8 Å². The van der Waals surface area contributed by atoms with Crippen LogP contribution >= 0.6 is 0 Å². The molecule has 0 unspecified atom stereocenters. The summed E-state index contributed by atoms with van der Waals surface area (Å²) >= 11 is 1.74. The first-order valence-corrected chi connectivity index (χ1v) is 21.1. The molecule has 0 N–H and O–H groups in total. The Morgan fingerprint density at radius 1 is 0.583 bits per heavy atom. The summed E-state index contributed by atoms with van der Waals surface area (Å²) in [7, 11) is 0. The van der Waals surface area contributed by atoms with Gasteiger partial charge in [0.15, 0.2) is 12.7 Å². The minimum absolute atomic E-state index is 0. The first-order chi connectivity index (χ1) is 22.4. The fraction of sp³-hybridized carbons (Fsp3) is 0.111. The summed E-state index contributed by atoms with van der Waals surface area (Å²) in [6, 6.07) is 38.0. The third-order valence-electron chi connectivity index (χ3n) is 7.23. The molecule has 0 saturated heterocycles. The Morgan fingerprint density at radius 2 is 0.958 bits per heavy atom. The summed E-state index contributed by atoms with van der Waals surface area (Å²) in [5.74, 6) is 0. The van der Waals surface area contributed by atoms with Crippen molar-refractivity contribution >= 4 is 27.0 Å². The molecule has 2 aromatic heterocycles. The maximum absolute atomic E-state index is 4.13. The zero-order valence-corrected chi connectivity index (χ0v) is 31.9. The van der Waals surface area contributed by atoms with Crippen LogP contribution in [0.3, 0.4) is 0 Å². The molecule has 240 valence electrons. The molecule has 48 heavy (non-hydrogen) atoms. The van der Waals surface area contributed by atoms with Crippen LogP contribution in [0.5, 0.6) is 0 Å². The van der Waals surface area contributed by atoms with Gasteiger partial charge in [-0.15, -0.1) is 86.9 Å². The van der Waals surface area contributed by atoms with E-state index < -0.39 is 0 Å². The molecule has 0 saturated carbocycles. The average Bonchev–Trinajstić information content (AvgIpc) is 3.88. The Hall–Kier alpha value is -4.08. The topological polar surface area (TPSA) is 87.2 Å². The number of halogens is 2. The van der Waals surface area contributed by atoms with Gasteiger partial charge in [-0.25, -0.2) is 0 Å². The second-order valence-electron chi connectivity index (χ2n) is 11.2. The van der Waals surface area contributed by atoms with Gasteiger partial charge < -0.3 is 24.8 Å². The van der Waals surface area contributed by atoms with Gasteiger partial charge in [-0.2, -0.15) is 12.1 Å². The molecular weight excluding hydrogens is 735 g/mol. The number of aryl methyl sites for hydroxylation is 2. The van der Waals surface area contributed by atoms with Gasteiger partial charge in [0.2, 0.25) is 0 Å². The van der Waals surface area contributed by atoms with Gasteiger partial charge in [-0.3, -0.25) is 0 Å². The molecule has 12 heteroatoms. The molecule has 8 aromatic rings. The summed E-state index contributed by atoms with van der Waals surface area (Å²) < 4.78 is 0. The predicted octanol–water partition coefficient (Wildman–Crippen LogP) is 1.81. The van der Waals surface area contributed by atoms with Gasteiger partial charge in [0.1, 0.15) is 0 Å². The number of rotatable bonds is 4. The van der Waals surface area contributed by atoms with E-state index in [1.54, 1.807) is 32.9 Å². The quantitative estimate of drug-likeness (QED) is 0.201. The average molecular weight is 767 g/mol. The minimum atomic E-state index is 0. The molecule has 8 rings (SSSR count). The van der Waals surface area contributed by atoms with E-state index in [9.17, 15) is 0 Å². The van der Waals surface area contributed by atoms with E-state index in [1.165, 1.54) is 67.6 Å². The normalized spacial score (nSPS) is 10.3. The van der Waals surface area contributed by atoms with Crippen LogP contribution in [0.4, 0.5) is 0 Å². The van der Waals surface area contributed by atoms with Crippen molar-refractivity contribution in [2.24, 2.45) is 0 Å². The number of hydrogen-bond acceptors (Lipinski definition) is 6. The molecule has 2 heterocycles. The maximum atomic E-state index is 4.13. The molecule has 0 spiro atoms. The van der Waals surface area contributed by atoms with E-state index in [4.69, 9.17) is 0 Å². The minimum Gasteiger partial charge on any atom is -1.00 e. The zero-order chi connectivity index (χ0) is 32.0. The van der Waals surface area contributed by atoms with Crippen molar-refractivity contribution in [3.05, 3.63) is 133 Å². The summed E-state index contributed by atoms with van der Waals surface area (Å²) in [6.45, 7) is 8.84. The predicted molar refractivity (Wildman–Crippen MR) is 182 cm³/mol. The zero-order valence-electron chi connectivity index (χ0n) is 26.9. The van der Waals surface area contributed by atoms with E-state index in [1.807, 2.05) is 12.1 Å². The van der Waals surface area contributed by atoms with Gasteiger partial charge in [0.05, 0.1) is 0 Å². The second-order valence-corrected chi connectivity index (χ2v) is 20.6. The van der Waals surface area contributed by atoms with Crippen molar-refractivity contribution in [1.82, 2.24) is 40.4 Å². The number of nitrogens with zero attached hydrogens (tertiary/aromatic N) is 8. The first-order valence-electron chi connectivity index (χ1n) is 14.9. The van der Waals surface area contributed by atoms with Gasteiger partial charge in [0, 0.05) is 11.4 Å². The monoisotopic (exact) mass is 764 g/mol. The molecule has 0 fully saturated rings. The van der Waals surface area contributed by atoms with Crippen molar-refractivity contribution in [3.8, 4) is 33.6 Å². The number of fused-ring (bicyclic) bond motifs is 2.